The fourth-order valence-corrected chi connectivity index (χ4v) is 3.83. The van der Waals surface area contributed by atoms with E-state index in [4.69, 9.17) is 0 Å². The zero-order valence-corrected chi connectivity index (χ0v) is 17.0. The lowest BCUT2D eigenvalue weighted by atomic mass is 10.2. The van der Waals surface area contributed by atoms with Crippen LogP contribution in [0.2, 0.25) is 0 Å². The Morgan fingerprint density at radius 3 is 2.63 bits per heavy atom. The number of aryl methyl sites for hydroxylation is 1. The minimum Gasteiger partial charge on any atom is -0.344 e. The van der Waals surface area contributed by atoms with Crippen LogP contribution in [0.25, 0.3) is 0 Å². The van der Waals surface area contributed by atoms with Crippen molar-refractivity contribution in [2.24, 2.45) is 5.92 Å². The first-order valence-corrected chi connectivity index (χ1v) is 10.1. The molecule has 0 amide bonds. The van der Waals surface area contributed by atoms with Crippen molar-refractivity contribution in [2.45, 2.75) is 45.9 Å². The molecular formula is C20H25N5OS. The molecule has 0 fully saturated rings. The van der Waals surface area contributed by atoms with Gasteiger partial charge in [0.25, 0.3) is 0 Å². The van der Waals surface area contributed by atoms with Gasteiger partial charge in [-0.1, -0.05) is 55.9 Å². The van der Waals surface area contributed by atoms with Crippen molar-refractivity contribution in [3.63, 3.8) is 0 Å². The second-order valence-electron chi connectivity index (χ2n) is 7.11. The van der Waals surface area contributed by atoms with Crippen LogP contribution in [0.4, 0.5) is 0 Å². The van der Waals surface area contributed by atoms with E-state index in [0.717, 1.165) is 30.0 Å². The van der Waals surface area contributed by atoms with Crippen LogP contribution in [0, 0.1) is 19.8 Å². The molecule has 2 aromatic heterocycles. The lowest BCUT2D eigenvalue weighted by Crippen LogP contribution is -2.10. The minimum absolute atomic E-state index is 0.103. The molecule has 0 saturated carbocycles. The first-order valence-electron chi connectivity index (χ1n) is 9.08. The third-order valence-electron chi connectivity index (χ3n) is 4.43. The zero-order chi connectivity index (χ0) is 19.4. The van der Waals surface area contributed by atoms with Crippen LogP contribution < -0.4 is 0 Å². The van der Waals surface area contributed by atoms with Crippen LogP contribution in [0.5, 0.6) is 0 Å². The highest BCUT2D eigenvalue weighted by Crippen LogP contribution is 2.21. The predicted octanol–water partition coefficient (Wildman–Crippen LogP) is 3.77. The summed E-state index contributed by atoms with van der Waals surface area (Å²) < 4.78 is 3.96. The van der Waals surface area contributed by atoms with Crippen molar-refractivity contribution in [3.8, 4) is 0 Å². The molecule has 0 saturated heterocycles. The SMILES string of the molecule is Cc1cc(C(=O)CSc2nnnn2CC(C)C)c(C)n1Cc1ccccc1. The number of carbonyl (C=O) groups excluding carboxylic acids is 1. The number of Topliss-reactive ketones (excluding diaryl/α,β-unsaturated/α-hetero) is 1. The van der Waals surface area contributed by atoms with Crippen LogP contribution in [0.3, 0.4) is 0 Å². The lowest BCUT2D eigenvalue weighted by Gasteiger charge is -2.10. The maximum atomic E-state index is 12.8. The van der Waals surface area contributed by atoms with Crippen LogP contribution >= 0.6 is 11.8 Å². The number of ketones is 1. The molecule has 0 radical (unpaired) electrons. The highest BCUT2D eigenvalue weighted by molar-refractivity contribution is 7.99. The van der Waals surface area contributed by atoms with Crippen LogP contribution in [0.1, 0.15) is 41.2 Å². The molecule has 0 atom stereocenters. The van der Waals surface area contributed by atoms with E-state index in [9.17, 15) is 4.79 Å². The largest absolute Gasteiger partial charge is 0.344 e. The maximum absolute atomic E-state index is 12.8. The van der Waals surface area contributed by atoms with Gasteiger partial charge in [-0.2, -0.15) is 0 Å². The molecule has 3 rings (SSSR count). The van der Waals surface area contributed by atoms with Crippen molar-refractivity contribution in [1.82, 2.24) is 24.8 Å². The lowest BCUT2D eigenvalue weighted by molar-refractivity contribution is 0.102. The van der Waals surface area contributed by atoms with E-state index in [1.54, 1.807) is 4.68 Å². The Bertz CT molecular complexity index is 914. The number of tetrazole rings is 1. The number of hydrogen-bond acceptors (Lipinski definition) is 5. The van der Waals surface area contributed by atoms with Gasteiger partial charge in [0.15, 0.2) is 5.78 Å². The van der Waals surface area contributed by atoms with Gasteiger partial charge in [0, 0.05) is 30.0 Å². The molecule has 0 aliphatic rings. The summed E-state index contributed by atoms with van der Waals surface area (Å²) in [6.45, 7) is 9.80. The molecule has 0 spiro atoms. The van der Waals surface area contributed by atoms with Crippen LogP contribution in [-0.2, 0) is 13.1 Å². The Labute approximate surface area is 164 Å². The third kappa shape index (κ3) is 4.66. The molecule has 0 bridgehead atoms. The Morgan fingerprint density at radius 2 is 1.93 bits per heavy atom. The van der Waals surface area contributed by atoms with E-state index in [-0.39, 0.29) is 5.78 Å². The van der Waals surface area contributed by atoms with E-state index in [1.165, 1.54) is 17.3 Å². The van der Waals surface area contributed by atoms with Gasteiger partial charge in [-0.05, 0) is 41.8 Å². The first-order chi connectivity index (χ1) is 13.0. The molecule has 0 aliphatic heterocycles. The number of aromatic nitrogens is 5. The molecule has 0 N–H and O–H groups in total. The average molecular weight is 384 g/mol. The second-order valence-corrected chi connectivity index (χ2v) is 8.05. The summed E-state index contributed by atoms with van der Waals surface area (Å²) in [6.07, 6.45) is 0. The highest BCUT2D eigenvalue weighted by Gasteiger charge is 2.18. The summed E-state index contributed by atoms with van der Waals surface area (Å²) >= 11 is 1.39. The molecule has 6 nitrogen and oxygen atoms in total. The number of hydrogen-bond donors (Lipinski definition) is 0. The smallest absolute Gasteiger partial charge is 0.209 e. The van der Waals surface area contributed by atoms with Crippen molar-refractivity contribution >= 4 is 17.5 Å². The highest BCUT2D eigenvalue weighted by atomic mass is 32.2. The minimum atomic E-state index is 0.103. The summed E-state index contributed by atoms with van der Waals surface area (Å²) in [7, 11) is 0. The van der Waals surface area contributed by atoms with Gasteiger partial charge >= 0.3 is 0 Å². The summed E-state index contributed by atoms with van der Waals surface area (Å²) in [5.41, 5.74) is 4.09. The standard InChI is InChI=1S/C20H25N5OS/c1-14(2)11-25-20(21-22-23-25)27-13-19(26)18-10-15(3)24(16(18)4)12-17-8-6-5-7-9-17/h5-10,14H,11-13H2,1-4H3. The van der Waals surface area contributed by atoms with E-state index in [1.807, 2.05) is 38.1 Å². The van der Waals surface area contributed by atoms with Gasteiger partial charge in [-0.15, -0.1) is 5.10 Å². The summed E-state index contributed by atoms with van der Waals surface area (Å²) in [6, 6.07) is 12.3. The zero-order valence-electron chi connectivity index (χ0n) is 16.2. The Balaban J connectivity index is 1.71. The van der Waals surface area contributed by atoms with Crippen molar-refractivity contribution in [2.75, 3.05) is 5.75 Å². The molecular weight excluding hydrogens is 358 g/mol. The normalized spacial score (nSPS) is 11.3. The van der Waals surface area contributed by atoms with E-state index in [0.29, 0.717) is 16.8 Å². The summed E-state index contributed by atoms with van der Waals surface area (Å²) in [4.78, 5) is 12.8. The Kier molecular flexibility index (Phi) is 6.11. The maximum Gasteiger partial charge on any atom is 0.209 e. The third-order valence-corrected chi connectivity index (χ3v) is 5.38. The monoisotopic (exact) mass is 383 g/mol. The van der Waals surface area contributed by atoms with Gasteiger partial charge in [-0.3, -0.25) is 4.79 Å². The Morgan fingerprint density at radius 1 is 1.19 bits per heavy atom. The number of rotatable bonds is 8. The number of thioether (sulfide) groups is 1. The molecule has 1 aromatic carbocycles. The predicted molar refractivity (Wildman–Crippen MR) is 107 cm³/mol. The average Bonchev–Trinajstić information content (AvgIpc) is 3.19. The van der Waals surface area contributed by atoms with Crippen molar-refractivity contribution < 1.29 is 4.79 Å². The van der Waals surface area contributed by atoms with Gasteiger partial charge in [0.1, 0.15) is 0 Å². The fraction of sp³-hybridized carbons (Fsp3) is 0.400. The van der Waals surface area contributed by atoms with Crippen LogP contribution in [-0.4, -0.2) is 36.3 Å². The summed E-state index contributed by atoms with van der Waals surface area (Å²) in [5, 5.41) is 12.5. The van der Waals surface area contributed by atoms with E-state index in [2.05, 4.69) is 46.1 Å². The molecule has 7 heteroatoms. The molecule has 27 heavy (non-hydrogen) atoms. The number of benzene rings is 1. The van der Waals surface area contributed by atoms with Crippen molar-refractivity contribution in [3.05, 3.63) is 58.9 Å². The van der Waals surface area contributed by atoms with E-state index < -0.39 is 0 Å². The van der Waals surface area contributed by atoms with E-state index >= 15 is 0 Å². The molecule has 2 heterocycles. The van der Waals surface area contributed by atoms with Gasteiger partial charge < -0.3 is 4.57 Å². The quantitative estimate of drug-likeness (QED) is 0.438. The molecule has 142 valence electrons. The van der Waals surface area contributed by atoms with Gasteiger partial charge in [0.05, 0.1) is 5.75 Å². The fourth-order valence-electron chi connectivity index (χ4n) is 3.06. The molecule has 0 unspecified atom stereocenters. The van der Waals surface area contributed by atoms with Gasteiger partial charge in [-0.25, -0.2) is 4.68 Å². The molecule has 3 aromatic rings. The summed E-state index contributed by atoms with van der Waals surface area (Å²) in [5.74, 6) is 0.876. The van der Waals surface area contributed by atoms with Crippen molar-refractivity contribution in [1.29, 1.82) is 0 Å². The number of carbonyl (C=O) groups is 1. The topological polar surface area (TPSA) is 65.6 Å². The Hall–Kier alpha value is -2.41. The molecule has 0 aliphatic carbocycles. The second kappa shape index (κ2) is 8.52. The number of nitrogens with zero attached hydrogens (tertiary/aromatic N) is 5. The first kappa shape index (κ1) is 19.4. The van der Waals surface area contributed by atoms with Gasteiger partial charge in [0.2, 0.25) is 5.16 Å². The van der Waals surface area contributed by atoms with Crippen LogP contribution in [0.15, 0.2) is 41.6 Å².